The SMILES string of the molecule is Cc1ccc(S(=O)(=O)OCCOCCOCCOCCOCCO[Si](C)(C)C)cc1. The van der Waals surface area contributed by atoms with Crippen molar-refractivity contribution >= 4 is 18.4 Å². The Labute approximate surface area is 182 Å². The first-order valence-electron chi connectivity index (χ1n) is 10.1. The van der Waals surface area contributed by atoms with Crippen LogP contribution in [0.25, 0.3) is 0 Å². The molecule has 0 amide bonds. The largest absolute Gasteiger partial charge is 0.415 e. The molecule has 0 aliphatic carbocycles. The summed E-state index contributed by atoms with van der Waals surface area (Å²) in [5, 5.41) is 0. The molecule has 0 bridgehead atoms. The molecule has 0 aliphatic rings. The fraction of sp³-hybridized carbons (Fsp3) is 0.700. The zero-order valence-corrected chi connectivity index (χ0v) is 20.4. The molecule has 8 nitrogen and oxygen atoms in total. The van der Waals surface area contributed by atoms with Crippen LogP contribution in [0.4, 0.5) is 0 Å². The van der Waals surface area contributed by atoms with E-state index in [2.05, 4.69) is 19.6 Å². The molecule has 0 aliphatic heterocycles. The minimum atomic E-state index is -3.74. The van der Waals surface area contributed by atoms with Crippen molar-refractivity contribution in [2.75, 3.05) is 66.1 Å². The highest BCUT2D eigenvalue weighted by molar-refractivity contribution is 7.86. The molecule has 0 aromatic heterocycles. The van der Waals surface area contributed by atoms with Gasteiger partial charge in [-0.2, -0.15) is 8.42 Å². The third-order valence-corrected chi connectivity index (χ3v) is 6.05. The first kappa shape index (κ1) is 27.2. The van der Waals surface area contributed by atoms with Gasteiger partial charge in [0.05, 0.1) is 71.0 Å². The number of benzene rings is 1. The highest BCUT2D eigenvalue weighted by atomic mass is 32.2. The zero-order valence-electron chi connectivity index (χ0n) is 18.6. The van der Waals surface area contributed by atoms with Gasteiger partial charge in [0, 0.05) is 0 Å². The normalized spacial score (nSPS) is 12.4. The van der Waals surface area contributed by atoms with Crippen LogP contribution in [0.1, 0.15) is 5.56 Å². The highest BCUT2D eigenvalue weighted by Gasteiger charge is 2.14. The van der Waals surface area contributed by atoms with Crippen molar-refractivity contribution in [3.05, 3.63) is 29.8 Å². The van der Waals surface area contributed by atoms with Crippen molar-refractivity contribution in [1.29, 1.82) is 0 Å². The third kappa shape index (κ3) is 14.2. The number of rotatable bonds is 18. The standard InChI is InChI=1S/C20H36O8SSi/c1-19-5-7-20(8-6-19)29(21,22)27-17-15-25-13-11-23-9-10-24-12-14-26-16-18-28-30(2,3)4/h5-8H,9-18H2,1-4H3. The average Bonchev–Trinajstić information content (AvgIpc) is 2.67. The Balaban J connectivity index is 1.87. The van der Waals surface area contributed by atoms with Crippen LogP contribution < -0.4 is 0 Å². The molecule has 0 radical (unpaired) electrons. The average molecular weight is 465 g/mol. The molecule has 0 atom stereocenters. The lowest BCUT2D eigenvalue weighted by molar-refractivity contribution is -0.00704. The lowest BCUT2D eigenvalue weighted by Gasteiger charge is -2.16. The van der Waals surface area contributed by atoms with E-state index in [4.69, 9.17) is 27.6 Å². The van der Waals surface area contributed by atoms with Gasteiger partial charge in [-0.25, -0.2) is 0 Å². The van der Waals surface area contributed by atoms with Gasteiger partial charge in [-0.05, 0) is 38.7 Å². The van der Waals surface area contributed by atoms with Gasteiger partial charge in [-0.1, -0.05) is 17.7 Å². The Bertz CT molecular complexity index is 658. The number of aryl methyl sites for hydroxylation is 1. The summed E-state index contributed by atoms with van der Waals surface area (Å²) in [6.07, 6.45) is 0. The van der Waals surface area contributed by atoms with E-state index < -0.39 is 18.4 Å². The smallest absolute Gasteiger partial charge is 0.297 e. The molecule has 0 saturated heterocycles. The summed E-state index contributed by atoms with van der Waals surface area (Å²) < 4.78 is 56.1. The number of hydrogen-bond acceptors (Lipinski definition) is 8. The molecule has 0 heterocycles. The van der Waals surface area contributed by atoms with Gasteiger partial charge < -0.3 is 23.4 Å². The predicted molar refractivity (Wildman–Crippen MR) is 117 cm³/mol. The van der Waals surface area contributed by atoms with E-state index in [1.807, 2.05) is 6.92 Å². The Kier molecular flexibility index (Phi) is 13.6. The molecule has 0 fully saturated rings. The van der Waals surface area contributed by atoms with Crippen LogP contribution in [-0.2, 0) is 37.7 Å². The molecule has 10 heteroatoms. The Morgan fingerprint density at radius 3 is 1.50 bits per heavy atom. The third-order valence-electron chi connectivity index (χ3n) is 3.65. The molecule has 1 rings (SSSR count). The minimum absolute atomic E-state index is 0.0394. The highest BCUT2D eigenvalue weighted by Crippen LogP contribution is 2.12. The van der Waals surface area contributed by atoms with Crippen LogP contribution in [0.5, 0.6) is 0 Å². The maximum absolute atomic E-state index is 12.0. The lowest BCUT2D eigenvalue weighted by atomic mass is 10.2. The van der Waals surface area contributed by atoms with Crippen LogP contribution in [0.3, 0.4) is 0 Å². The fourth-order valence-electron chi connectivity index (χ4n) is 2.14. The molecule has 174 valence electrons. The molecular formula is C20H36O8SSi. The monoisotopic (exact) mass is 464 g/mol. The maximum atomic E-state index is 12.0. The second-order valence-corrected chi connectivity index (χ2v) is 13.6. The van der Waals surface area contributed by atoms with Crippen LogP contribution in [0.2, 0.25) is 19.6 Å². The summed E-state index contributed by atoms with van der Waals surface area (Å²) in [7, 11) is -5.20. The molecule has 0 saturated carbocycles. The Morgan fingerprint density at radius 2 is 1.07 bits per heavy atom. The summed E-state index contributed by atoms with van der Waals surface area (Å²) in [6, 6.07) is 6.50. The van der Waals surface area contributed by atoms with Gasteiger partial charge in [0.15, 0.2) is 8.32 Å². The van der Waals surface area contributed by atoms with Gasteiger partial charge in [-0.15, -0.1) is 0 Å². The zero-order chi connectivity index (χ0) is 22.3. The number of ether oxygens (including phenoxy) is 4. The Hall–Kier alpha value is -0.853. The summed E-state index contributed by atoms with van der Waals surface area (Å²) in [5.74, 6) is 0. The van der Waals surface area contributed by atoms with E-state index in [1.54, 1.807) is 12.1 Å². The molecule has 1 aromatic carbocycles. The summed E-state index contributed by atoms with van der Waals surface area (Å²) >= 11 is 0. The van der Waals surface area contributed by atoms with E-state index in [9.17, 15) is 8.42 Å². The van der Waals surface area contributed by atoms with E-state index >= 15 is 0 Å². The van der Waals surface area contributed by atoms with Gasteiger partial charge in [-0.3, -0.25) is 4.18 Å². The van der Waals surface area contributed by atoms with Crippen LogP contribution >= 0.6 is 0 Å². The van der Waals surface area contributed by atoms with Crippen molar-refractivity contribution in [2.24, 2.45) is 0 Å². The second-order valence-electron chi connectivity index (χ2n) is 7.50. The summed E-state index contributed by atoms with van der Waals surface area (Å²) in [5.41, 5.74) is 0.985. The van der Waals surface area contributed by atoms with Gasteiger partial charge in [0.1, 0.15) is 0 Å². The fourth-order valence-corrected chi connectivity index (χ4v) is 3.73. The molecule has 0 unspecified atom stereocenters. The van der Waals surface area contributed by atoms with E-state index in [-0.39, 0.29) is 18.1 Å². The van der Waals surface area contributed by atoms with E-state index in [0.29, 0.717) is 52.9 Å². The maximum Gasteiger partial charge on any atom is 0.297 e. The topological polar surface area (TPSA) is 89.5 Å². The van der Waals surface area contributed by atoms with E-state index in [0.717, 1.165) is 5.56 Å². The molecule has 1 aromatic rings. The van der Waals surface area contributed by atoms with Crippen LogP contribution in [-0.4, -0.2) is 82.8 Å². The Morgan fingerprint density at radius 1 is 0.667 bits per heavy atom. The van der Waals surface area contributed by atoms with Crippen LogP contribution in [0.15, 0.2) is 29.2 Å². The first-order valence-corrected chi connectivity index (χ1v) is 14.9. The molecule has 30 heavy (non-hydrogen) atoms. The van der Waals surface area contributed by atoms with Gasteiger partial charge in [0.25, 0.3) is 10.1 Å². The van der Waals surface area contributed by atoms with Crippen LogP contribution in [0, 0.1) is 6.92 Å². The predicted octanol–water partition coefficient (Wildman–Crippen LogP) is 2.62. The van der Waals surface area contributed by atoms with Gasteiger partial charge in [0.2, 0.25) is 0 Å². The van der Waals surface area contributed by atoms with E-state index in [1.165, 1.54) is 12.1 Å². The van der Waals surface area contributed by atoms with Gasteiger partial charge >= 0.3 is 0 Å². The van der Waals surface area contributed by atoms with Crippen molar-refractivity contribution in [3.63, 3.8) is 0 Å². The lowest BCUT2D eigenvalue weighted by Crippen LogP contribution is -2.27. The minimum Gasteiger partial charge on any atom is -0.415 e. The second kappa shape index (κ2) is 15.0. The summed E-state index contributed by atoms with van der Waals surface area (Å²) in [6.45, 7) is 12.4. The van der Waals surface area contributed by atoms with Crippen molar-refractivity contribution < 1.29 is 36.0 Å². The molecular weight excluding hydrogens is 428 g/mol. The molecule has 0 N–H and O–H groups in total. The first-order chi connectivity index (χ1) is 14.2. The summed E-state index contributed by atoms with van der Waals surface area (Å²) in [4.78, 5) is 0.140. The molecule has 0 spiro atoms. The van der Waals surface area contributed by atoms with Crippen molar-refractivity contribution in [3.8, 4) is 0 Å². The number of hydrogen-bond donors (Lipinski definition) is 0. The van der Waals surface area contributed by atoms with Crippen molar-refractivity contribution in [2.45, 2.75) is 31.5 Å². The van der Waals surface area contributed by atoms with Crippen molar-refractivity contribution in [1.82, 2.24) is 0 Å². The quantitative estimate of drug-likeness (QED) is 0.186.